The van der Waals surface area contributed by atoms with Crippen LogP contribution in [-0.4, -0.2) is 10.5 Å². The summed E-state index contributed by atoms with van der Waals surface area (Å²) in [5.41, 5.74) is 4.23. The molecule has 2 heterocycles. The molecule has 0 fully saturated rings. The normalized spacial score (nSPS) is 32.6. The highest BCUT2D eigenvalue weighted by molar-refractivity contribution is 5.49. The van der Waals surface area contributed by atoms with Crippen LogP contribution in [0.3, 0.4) is 0 Å². The lowest BCUT2D eigenvalue weighted by Crippen LogP contribution is -2.45. The maximum atomic E-state index is 3.34. The summed E-state index contributed by atoms with van der Waals surface area (Å²) in [6.45, 7) is 0. The average Bonchev–Trinajstić information content (AvgIpc) is 2.56. The van der Waals surface area contributed by atoms with Crippen LogP contribution in [-0.2, 0) is 0 Å². The molecule has 1 unspecified atom stereocenters. The quantitative estimate of drug-likeness (QED) is 0.590. The monoisotopic (exact) mass is 169 g/mol. The van der Waals surface area contributed by atoms with Crippen molar-refractivity contribution in [2.45, 2.75) is 5.54 Å². The van der Waals surface area contributed by atoms with Gasteiger partial charge in [-0.05, 0) is 18.2 Å². The second kappa shape index (κ2) is 2.16. The molecule has 1 atom stereocenters. The Morgan fingerprint density at radius 3 is 3.31 bits per heavy atom. The molecule has 63 valence electrons. The lowest BCUT2D eigenvalue weighted by Gasteiger charge is -2.35. The summed E-state index contributed by atoms with van der Waals surface area (Å²) < 4.78 is 0. The third-order valence-corrected chi connectivity index (χ3v) is 2.54. The van der Waals surface area contributed by atoms with Gasteiger partial charge in [0.1, 0.15) is 5.54 Å². The van der Waals surface area contributed by atoms with E-state index in [1.807, 2.05) is 35.6 Å². The van der Waals surface area contributed by atoms with Crippen molar-refractivity contribution in [2.24, 2.45) is 0 Å². The molecule has 0 aromatic carbocycles. The first-order chi connectivity index (χ1) is 6.42. The largest absolute Gasteiger partial charge is 0.304 e. The number of nitrogens with zero attached hydrogens (tertiary/aromatic N) is 1. The minimum atomic E-state index is -0.191. The van der Waals surface area contributed by atoms with Gasteiger partial charge in [0.2, 0.25) is 0 Å². The third kappa shape index (κ3) is 0.724. The van der Waals surface area contributed by atoms with E-state index in [1.165, 1.54) is 5.57 Å². The molecule has 1 radical (unpaired) electrons. The first-order valence-corrected chi connectivity index (χ1v) is 4.32. The summed E-state index contributed by atoms with van der Waals surface area (Å²) in [5, 5.41) is 2.04. The highest BCUT2D eigenvalue weighted by Gasteiger charge is 2.39. The molecule has 0 amide bonds. The number of rotatable bonds is 0. The lowest BCUT2D eigenvalue weighted by molar-refractivity contribution is 0.253. The van der Waals surface area contributed by atoms with Gasteiger partial charge in [-0.2, -0.15) is 0 Å². The van der Waals surface area contributed by atoms with Crippen LogP contribution in [0.15, 0.2) is 54.4 Å². The van der Waals surface area contributed by atoms with Gasteiger partial charge in [-0.15, -0.1) is 0 Å². The zero-order chi connectivity index (χ0) is 8.73. The van der Waals surface area contributed by atoms with Crippen LogP contribution in [0.4, 0.5) is 0 Å². The van der Waals surface area contributed by atoms with Crippen molar-refractivity contribution in [3.8, 4) is 0 Å². The third-order valence-electron chi connectivity index (χ3n) is 2.54. The molecule has 2 aliphatic heterocycles. The van der Waals surface area contributed by atoms with E-state index >= 15 is 0 Å². The molecule has 0 saturated carbocycles. The molecule has 0 aromatic rings. The van der Waals surface area contributed by atoms with Gasteiger partial charge in [0, 0.05) is 18.0 Å². The van der Waals surface area contributed by atoms with Gasteiger partial charge >= 0.3 is 0 Å². The summed E-state index contributed by atoms with van der Waals surface area (Å²) in [6.07, 6.45) is 19.6. The van der Waals surface area contributed by atoms with Crippen LogP contribution in [0.25, 0.3) is 0 Å². The Hall–Kier alpha value is -1.70. The Bertz CT molecular complexity index is 375. The van der Waals surface area contributed by atoms with Gasteiger partial charge < -0.3 is 5.43 Å². The van der Waals surface area contributed by atoms with Crippen LogP contribution in [0.5, 0.6) is 0 Å². The van der Waals surface area contributed by atoms with Crippen molar-refractivity contribution in [3.05, 3.63) is 60.5 Å². The van der Waals surface area contributed by atoms with E-state index < -0.39 is 0 Å². The topological polar surface area (TPSA) is 15.3 Å². The zero-order valence-electron chi connectivity index (χ0n) is 7.07. The maximum absolute atomic E-state index is 3.34. The van der Waals surface area contributed by atoms with Crippen LogP contribution < -0.4 is 5.43 Å². The number of hydrazine groups is 1. The minimum Gasteiger partial charge on any atom is -0.304 e. The van der Waals surface area contributed by atoms with Gasteiger partial charge in [-0.25, -0.2) is 0 Å². The van der Waals surface area contributed by atoms with E-state index in [1.54, 1.807) is 0 Å². The first-order valence-electron chi connectivity index (χ1n) is 4.32. The smallest absolute Gasteiger partial charge is 0.131 e. The molecule has 1 aliphatic carbocycles. The van der Waals surface area contributed by atoms with E-state index in [-0.39, 0.29) is 5.54 Å². The Kier molecular flexibility index (Phi) is 1.13. The molecule has 2 heteroatoms. The molecule has 13 heavy (non-hydrogen) atoms. The molecule has 2 nitrogen and oxygen atoms in total. The van der Waals surface area contributed by atoms with Gasteiger partial charge in [0.25, 0.3) is 0 Å². The second-order valence-electron chi connectivity index (χ2n) is 3.24. The van der Waals surface area contributed by atoms with Crippen LogP contribution >= 0.6 is 0 Å². The summed E-state index contributed by atoms with van der Waals surface area (Å²) in [7, 11) is 0. The van der Waals surface area contributed by atoms with Crippen molar-refractivity contribution < 1.29 is 0 Å². The fourth-order valence-electron chi connectivity index (χ4n) is 1.86. The zero-order valence-corrected chi connectivity index (χ0v) is 7.07. The molecular weight excluding hydrogens is 160 g/mol. The summed E-state index contributed by atoms with van der Waals surface area (Å²) >= 11 is 0. The van der Waals surface area contributed by atoms with Crippen LogP contribution in [0.2, 0.25) is 0 Å². The van der Waals surface area contributed by atoms with Gasteiger partial charge in [0.15, 0.2) is 0 Å². The van der Waals surface area contributed by atoms with E-state index in [0.717, 1.165) is 0 Å². The van der Waals surface area contributed by atoms with E-state index in [9.17, 15) is 0 Å². The van der Waals surface area contributed by atoms with Crippen LogP contribution in [0.1, 0.15) is 0 Å². The molecular formula is C11H9N2. The predicted molar refractivity (Wildman–Crippen MR) is 51.0 cm³/mol. The Morgan fingerprint density at radius 2 is 2.31 bits per heavy atom. The molecule has 0 bridgehead atoms. The Labute approximate surface area is 77.2 Å². The van der Waals surface area contributed by atoms with Gasteiger partial charge in [-0.3, -0.25) is 5.01 Å². The molecule has 1 spiro atoms. The Balaban J connectivity index is 2.16. The molecule has 0 aromatic heterocycles. The maximum Gasteiger partial charge on any atom is 0.131 e. The molecule has 0 saturated heterocycles. The Morgan fingerprint density at radius 1 is 1.31 bits per heavy atom. The molecule has 3 aliphatic rings. The van der Waals surface area contributed by atoms with Crippen molar-refractivity contribution in [1.82, 2.24) is 10.4 Å². The van der Waals surface area contributed by atoms with Gasteiger partial charge in [0.05, 0.1) is 0 Å². The van der Waals surface area contributed by atoms with E-state index in [2.05, 4.69) is 29.7 Å². The van der Waals surface area contributed by atoms with E-state index in [4.69, 9.17) is 0 Å². The number of hydrogen-bond donors (Lipinski definition) is 1. The minimum absolute atomic E-state index is 0.191. The predicted octanol–water partition coefficient (Wildman–Crippen LogP) is 1.44. The summed E-state index contributed by atoms with van der Waals surface area (Å²) in [4.78, 5) is 0. The van der Waals surface area contributed by atoms with Gasteiger partial charge in [-0.1, -0.05) is 24.3 Å². The fraction of sp³-hybridized carbons (Fsp3) is 0.0909. The number of hydrogen-bond acceptors (Lipinski definition) is 2. The highest BCUT2D eigenvalue weighted by Crippen LogP contribution is 2.35. The highest BCUT2D eigenvalue weighted by atomic mass is 15.5. The summed E-state index contributed by atoms with van der Waals surface area (Å²) in [6, 6.07) is 0. The first kappa shape index (κ1) is 6.78. The molecule has 1 N–H and O–H groups in total. The second-order valence-corrected chi connectivity index (χ2v) is 3.24. The van der Waals surface area contributed by atoms with Crippen molar-refractivity contribution in [2.75, 3.05) is 0 Å². The number of allylic oxidation sites excluding steroid dienone is 4. The van der Waals surface area contributed by atoms with E-state index in [0.29, 0.717) is 0 Å². The standard InChI is InChI=1S/C11H9N2/c1-2-6-11-7-3-4-8-13(11)12-9-10(11)5-1/h1-6,8-9,12H. The summed E-state index contributed by atoms with van der Waals surface area (Å²) in [5.74, 6) is 0. The van der Waals surface area contributed by atoms with Crippen molar-refractivity contribution in [1.29, 1.82) is 0 Å². The van der Waals surface area contributed by atoms with Crippen molar-refractivity contribution in [3.63, 3.8) is 0 Å². The van der Waals surface area contributed by atoms with Crippen LogP contribution in [0, 0.1) is 6.08 Å². The SMILES string of the molecule is [C]1=CC=CN2NC=C3C=CC=CC132. The molecule has 3 rings (SSSR count). The average molecular weight is 169 g/mol. The lowest BCUT2D eigenvalue weighted by atomic mass is 9.85. The fourth-order valence-corrected chi connectivity index (χ4v) is 1.86. The number of nitrogens with one attached hydrogen (secondary N) is 1. The van der Waals surface area contributed by atoms with Crippen molar-refractivity contribution >= 4 is 0 Å².